The van der Waals surface area contributed by atoms with Gasteiger partial charge in [-0.1, -0.05) is 18.2 Å². The summed E-state index contributed by atoms with van der Waals surface area (Å²) < 4.78 is 5.45. The van der Waals surface area contributed by atoms with E-state index in [9.17, 15) is 9.59 Å². The number of amides is 2. The number of ether oxygens (including phenoxy) is 1. The largest absolute Gasteiger partial charge is 0.441 e. The molecule has 0 aromatic carbocycles. The fourth-order valence-electron chi connectivity index (χ4n) is 5.79. The molecule has 0 bridgehead atoms. The Morgan fingerprint density at radius 2 is 1.74 bits per heavy atom. The molecule has 4 fully saturated rings. The molecule has 2 unspecified atom stereocenters. The minimum Gasteiger partial charge on any atom is -0.441 e. The van der Waals surface area contributed by atoms with Crippen LogP contribution in [0.3, 0.4) is 0 Å². The predicted octanol–water partition coefficient (Wildman–Crippen LogP) is 4.05. The highest BCUT2D eigenvalue weighted by Crippen LogP contribution is 2.47. The van der Waals surface area contributed by atoms with E-state index in [1.165, 1.54) is 36.8 Å². The number of pyridine rings is 1. The number of hydrogen-bond acceptors (Lipinski definition) is 5. The van der Waals surface area contributed by atoms with Crippen molar-refractivity contribution in [3.8, 4) is 0 Å². The van der Waals surface area contributed by atoms with Crippen molar-refractivity contribution in [1.82, 2.24) is 14.8 Å². The van der Waals surface area contributed by atoms with Crippen LogP contribution < -0.4 is 4.90 Å². The summed E-state index contributed by atoms with van der Waals surface area (Å²) in [4.78, 5) is 36.6. The van der Waals surface area contributed by atoms with Gasteiger partial charge in [0.1, 0.15) is 11.4 Å². The number of piperazine rings is 1. The lowest BCUT2D eigenvalue weighted by molar-refractivity contribution is -0.134. The van der Waals surface area contributed by atoms with Crippen LogP contribution in [0.5, 0.6) is 0 Å². The third kappa shape index (κ3) is 4.29. The molecule has 1 aromatic rings. The number of nitrogens with zero attached hydrogens (tertiary/aromatic N) is 4. The number of carbonyl (C=O) groups is 2. The summed E-state index contributed by atoms with van der Waals surface area (Å²) in [6.45, 7) is 7.65. The molecule has 6 rings (SSSR count). The molecule has 1 aromatic heterocycles. The minimum atomic E-state index is -0.441. The van der Waals surface area contributed by atoms with E-state index in [0.717, 1.165) is 50.8 Å². The van der Waals surface area contributed by atoms with Crippen molar-refractivity contribution in [2.24, 2.45) is 5.92 Å². The van der Waals surface area contributed by atoms with E-state index >= 15 is 0 Å². The smallest absolute Gasteiger partial charge is 0.410 e. The number of rotatable bonds is 5. The average molecular weight is 465 g/mol. The first kappa shape index (κ1) is 21.9. The van der Waals surface area contributed by atoms with Gasteiger partial charge in [0.05, 0.1) is 18.5 Å². The van der Waals surface area contributed by atoms with Crippen LogP contribution in [-0.2, 0) is 9.53 Å². The van der Waals surface area contributed by atoms with Crippen molar-refractivity contribution in [3.05, 3.63) is 35.5 Å². The third-order valence-electron chi connectivity index (χ3n) is 8.08. The van der Waals surface area contributed by atoms with Gasteiger partial charge in [-0.05, 0) is 75.3 Å². The Balaban J connectivity index is 1.06. The molecule has 3 aliphatic carbocycles. The summed E-state index contributed by atoms with van der Waals surface area (Å²) in [5.41, 5.74) is 2.42. The average Bonchev–Trinajstić information content (AvgIpc) is 3.76. The number of hydrogen-bond donors (Lipinski definition) is 0. The summed E-state index contributed by atoms with van der Waals surface area (Å²) in [5, 5.41) is 0. The summed E-state index contributed by atoms with van der Waals surface area (Å²) in [6, 6.07) is 2.45. The Bertz CT molecular complexity index is 1010. The van der Waals surface area contributed by atoms with Crippen LogP contribution in [0, 0.1) is 5.92 Å². The van der Waals surface area contributed by atoms with Crippen LogP contribution in [0.1, 0.15) is 75.3 Å². The molecule has 0 spiro atoms. The van der Waals surface area contributed by atoms with E-state index in [4.69, 9.17) is 9.72 Å². The van der Waals surface area contributed by atoms with Gasteiger partial charge in [-0.3, -0.25) is 9.69 Å². The van der Waals surface area contributed by atoms with E-state index in [1.807, 2.05) is 30.9 Å². The van der Waals surface area contributed by atoms with E-state index in [2.05, 4.69) is 17.2 Å². The van der Waals surface area contributed by atoms with Gasteiger partial charge in [0, 0.05) is 32.4 Å². The van der Waals surface area contributed by atoms with E-state index in [0.29, 0.717) is 12.5 Å². The van der Waals surface area contributed by atoms with Gasteiger partial charge >= 0.3 is 6.09 Å². The lowest BCUT2D eigenvalue weighted by Gasteiger charge is -2.38. The van der Waals surface area contributed by atoms with Crippen LogP contribution >= 0.6 is 0 Å². The maximum absolute atomic E-state index is 13.2. The van der Waals surface area contributed by atoms with Gasteiger partial charge in [0.15, 0.2) is 0 Å². The number of cyclic esters (lactones) is 1. The van der Waals surface area contributed by atoms with Gasteiger partial charge < -0.3 is 14.5 Å². The highest BCUT2D eigenvalue weighted by Gasteiger charge is 2.41. The molecular weight excluding hydrogens is 428 g/mol. The molecule has 2 aliphatic heterocycles. The maximum Gasteiger partial charge on any atom is 0.410 e. The Morgan fingerprint density at radius 1 is 1.00 bits per heavy atom. The summed E-state index contributed by atoms with van der Waals surface area (Å²) >= 11 is 0. The Morgan fingerprint density at radius 3 is 2.32 bits per heavy atom. The molecule has 7 heteroatoms. The minimum absolute atomic E-state index is 0.0284. The molecule has 2 amide bonds. The summed E-state index contributed by atoms with van der Waals surface area (Å²) in [5.74, 6) is 2.70. The van der Waals surface area contributed by atoms with Crippen LogP contribution in [-0.4, -0.2) is 71.2 Å². The second kappa shape index (κ2) is 8.28. The quantitative estimate of drug-likeness (QED) is 0.615. The fraction of sp³-hybridized carbons (Fsp3) is 0.667. The van der Waals surface area contributed by atoms with Gasteiger partial charge in [0.25, 0.3) is 0 Å². The zero-order chi connectivity index (χ0) is 23.4. The lowest BCUT2D eigenvalue weighted by atomic mass is 9.90. The molecule has 182 valence electrons. The second-order valence-electron chi connectivity index (χ2n) is 11.4. The normalized spacial score (nSPS) is 28.9. The first-order valence-corrected chi connectivity index (χ1v) is 13.1. The number of aromatic nitrogens is 1. The third-order valence-corrected chi connectivity index (χ3v) is 8.08. The molecule has 2 atom stereocenters. The Kier molecular flexibility index (Phi) is 5.34. The molecule has 5 aliphatic rings. The molecule has 2 saturated heterocycles. The van der Waals surface area contributed by atoms with Crippen molar-refractivity contribution in [2.75, 3.05) is 37.6 Å². The summed E-state index contributed by atoms with van der Waals surface area (Å²) in [7, 11) is 0. The standard InChI is InChI=1S/C27H36N4O3/c1-27(2)17-31(26(33)34-27)22-9-7-20(8-10-22)25(32)30-13-11-29(12-14-30)24-23(19-5-6-19)15-21(16-28-24)18-3-4-18/h7,9,15-16,18-20,22H,3-6,8,10-14,17H2,1-2H3. The van der Waals surface area contributed by atoms with Gasteiger partial charge in [-0.15, -0.1) is 0 Å². The lowest BCUT2D eigenvalue weighted by Crippen LogP contribution is -2.51. The molecule has 7 nitrogen and oxygen atoms in total. The zero-order valence-corrected chi connectivity index (χ0v) is 20.4. The highest BCUT2D eigenvalue weighted by atomic mass is 16.6. The predicted molar refractivity (Wildman–Crippen MR) is 130 cm³/mol. The van der Waals surface area contributed by atoms with Crippen LogP contribution in [0.25, 0.3) is 0 Å². The Hall–Kier alpha value is -2.57. The SMILES string of the molecule is CC1(C)CN(C2C=CC(C(=O)N3CCN(c4ncc(C5CC5)cc4C4CC4)CC3)CC2)C(=O)O1. The van der Waals surface area contributed by atoms with Crippen LogP contribution in [0.4, 0.5) is 10.6 Å². The topological polar surface area (TPSA) is 66.0 Å². The highest BCUT2D eigenvalue weighted by molar-refractivity contribution is 5.81. The Labute approximate surface area is 202 Å². The van der Waals surface area contributed by atoms with Crippen molar-refractivity contribution in [1.29, 1.82) is 0 Å². The number of anilines is 1. The summed E-state index contributed by atoms with van der Waals surface area (Å²) in [6.07, 6.45) is 12.7. The number of carbonyl (C=O) groups excluding carboxylic acids is 2. The van der Waals surface area contributed by atoms with Crippen molar-refractivity contribution in [2.45, 2.75) is 75.9 Å². The van der Waals surface area contributed by atoms with Gasteiger partial charge in [-0.25, -0.2) is 9.78 Å². The van der Waals surface area contributed by atoms with Crippen molar-refractivity contribution in [3.63, 3.8) is 0 Å². The molecule has 0 radical (unpaired) electrons. The van der Waals surface area contributed by atoms with Crippen molar-refractivity contribution >= 4 is 17.8 Å². The van der Waals surface area contributed by atoms with Gasteiger partial charge in [-0.2, -0.15) is 0 Å². The van der Waals surface area contributed by atoms with Crippen molar-refractivity contribution < 1.29 is 14.3 Å². The van der Waals surface area contributed by atoms with Gasteiger partial charge in [0.2, 0.25) is 5.91 Å². The molecular formula is C27H36N4O3. The molecule has 0 N–H and O–H groups in total. The first-order chi connectivity index (χ1) is 16.4. The van der Waals surface area contributed by atoms with Crippen LogP contribution in [0.15, 0.2) is 24.4 Å². The molecule has 34 heavy (non-hydrogen) atoms. The molecule has 3 heterocycles. The molecule has 2 saturated carbocycles. The van der Waals surface area contributed by atoms with E-state index in [-0.39, 0.29) is 24.0 Å². The van der Waals surface area contributed by atoms with Crippen LogP contribution in [0.2, 0.25) is 0 Å². The van der Waals surface area contributed by atoms with E-state index in [1.54, 1.807) is 4.90 Å². The second-order valence-corrected chi connectivity index (χ2v) is 11.4. The zero-order valence-electron chi connectivity index (χ0n) is 20.4. The maximum atomic E-state index is 13.2. The fourth-order valence-corrected chi connectivity index (χ4v) is 5.79. The van der Waals surface area contributed by atoms with E-state index < -0.39 is 5.60 Å². The first-order valence-electron chi connectivity index (χ1n) is 13.1. The monoisotopic (exact) mass is 464 g/mol.